The van der Waals surface area contributed by atoms with E-state index in [1.807, 2.05) is 6.92 Å². The summed E-state index contributed by atoms with van der Waals surface area (Å²) in [7, 11) is 1.73. The summed E-state index contributed by atoms with van der Waals surface area (Å²) in [6, 6.07) is 5.41. The molecule has 1 fully saturated rings. The van der Waals surface area contributed by atoms with E-state index in [2.05, 4.69) is 29.3 Å². The predicted octanol–water partition coefficient (Wildman–Crippen LogP) is 1.51. The number of hydrogen-bond acceptors (Lipinski definition) is 4. The first-order chi connectivity index (χ1) is 8.70. The van der Waals surface area contributed by atoms with Crippen molar-refractivity contribution < 1.29 is 4.74 Å². The lowest BCUT2D eigenvalue weighted by atomic mass is 10.1. The minimum atomic E-state index is 0.0626. The van der Waals surface area contributed by atoms with E-state index in [4.69, 9.17) is 9.72 Å². The van der Waals surface area contributed by atoms with E-state index < -0.39 is 0 Å². The molecule has 0 saturated carbocycles. The number of nitrogens with one attached hydrogen (secondary N) is 1. The quantitative estimate of drug-likeness (QED) is 0.859. The van der Waals surface area contributed by atoms with Gasteiger partial charge < -0.3 is 15.0 Å². The van der Waals surface area contributed by atoms with Gasteiger partial charge in [-0.15, -0.1) is 0 Å². The number of piperazine rings is 1. The molecule has 1 saturated heterocycles. The van der Waals surface area contributed by atoms with Gasteiger partial charge in [-0.3, -0.25) is 0 Å². The zero-order valence-corrected chi connectivity index (χ0v) is 11.3. The van der Waals surface area contributed by atoms with Crippen LogP contribution in [-0.4, -0.2) is 37.3 Å². The molecule has 3 heterocycles. The lowest BCUT2D eigenvalue weighted by Gasteiger charge is -2.37. The zero-order chi connectivity index (χ0) is 12.7. The van der Waals surface area contributed by atoms with Gasteiger partial charge in [0.05, 0.1) is 11.8 Å². The molecule has 1 N–H and O–H groups in total. The fourth-order valence-corrected chi connectivity index (χ4v) is 3.04. The van der Waals surface area contributed by atoms with Crippen LogP contribution < -0.4 is 10.2 Å². The Balaban J connectivity index is 1.96. The smallest absolute Gasteiger partial charge is 0.132 e. The van der Waals surface area contributed by atoms with E-state index in [9.17, 15) is 0 Å². The van der Waals surface area contributed by atoms with Crippen LogP contribution in [-0.2, 0) is 11.2 Å². The van der Waals surface area contributed by atoms with E-state index in [1.54, 1.807) is 7.11 Å². The van der Waals surface area contributed by atoms with Gasteiger partial charge in [-0.2, -0.15) is 0 Å². The first kappa shape index (κ1) is 11.9. The highest BCUT2D eigenvalue weighted by atomic mass is 16.5. The van der Waals surface area contributed by atoms with Crippen LogP contribution in [0.5, 0.6) is 0 Å². The molecule has 4 nitrogen and oxygen atoms in total. The molecule has 1 aromatic heterocycles. The van der Waals surface area contributed by atoms with Gasteiger partial charge in [-0.05, 0) is 31.9 Å². The molecule has 98 valence electrons. The molecular formula is C14H21N3O. The summed E-state index contributed by atoms with van der Waals surface area (Å²) in [5, 5.41) is 3.50. The van der Waals surface area contributed by atoms with Crippen LogP contribution in [0.1, 0.15) is 31.2 Å². The van der Waals surface area contributed by atoms with Crippen LogP contribution in [0.2, 0.25) is 0 Å². The van der Waals surface area contributed by atoms with Gasteiger partial charge in [-0.25, -0.2) is 4.98 Å². The summed E-state index contributed by atoms with van der Waals surface area (Å²) in [5.74, 6) is 1.18. The number of fused-ring (bicyclic) bond motifs is 3. The van der Waals surface area contributed by atoms with Crippen molar-refractivity contribution in [2.75, 3.05) is 25.1 Å². The van der Waals surface area contributed by atoms with Gasteiger partial charge in [-0.1, -0.05) is 6.07 Å². The number of aromatic nitrogens is 1. The third-order valence-electron chi connectivity index (χ3n) is 4.14. The average molecular weight is 247 g/mol. The first-order valence-electron chi connectivity index (χ1n) is 6.72. The lowest BCUT2D eigenvalue weighted by Crippen LogP contribution is -2.55. The van der Waals surface area contributed by atoms with E-state index in [0.29, 0.717) is 12.1 Å². The molecule has 0 bridgehead atoms. The summed E-state index contributed by atoms with van der Waals surface area (Å²) >= 11 is 0. The van der Waals surface area contributed by atoms with Crippen molar-refractivity contribution in [1.82, 2.24) is 10.3 Å². The van der Waals surface area contributed by atoms with Crippen molar-refractivity contribution in [3.63, 3.8) is 0 Å². The fourth-order valence-electron chi connectivity index (χ4n) is 3.04. The Morgan fingerprint density at radius 2 is 2.28 bits per heavy atom. The Hall–Kier alpha value is -1.13. The molecule has 0 spiro atoms. The highest BCUT2D eigenvalue weighted by Gasteiger charge is 2.36. The number of hydrogen-bond donors (Lipinski definition) is 1. The van der Waals surface area contributed by atoms with Crippen molar-refractivity contribution in [3.05, 3.63) is 23.4 Å². The van der Waals surface area contributed by atoms with Crippen molar-refractivity contribution in [2.45, 2.75) is 38.5 Å². The normalized spacial score (nSPS) is 27.8. The molecule has 2 aliphatic rings. The molecule has 3 rings (SSSR count). The second-order valence-electron chi connectivity index (χ2n) is 5.37. The number of rotatable bonds is 2. The topological polar surface area (TPSA) is 37.4 Å². The third kappa shape index (κ3) is 1.80. The summed E-state index contributed by atoms with van der Waals surface area (Å²) in [4.78, 5) is 7.32. The number of ether oxygens (including phenoxy) is 1. The Labute approximate surface area is 108 Å². The van der Waals surface area contributed by atoms with E-state index in [-0.39, 0.29) is 6.10 Å². The average Bonchev–Trinajstić information content (AvgIpc) is 2.76. The Morgan fingerprint density at radius 1 is 1.44 bits per heavy atom. The number of anilines is 1. The van der Waals surface area contributed by atoms with Crippen molar-refractivity contribution >= 4 is 5.82 Å². The molecular weight excluding hydrogens is 226 g/mol. The fraction of sp³-hybridized carbons (Fsp3) is 0.643. The maximum absolute atomic E-state index is 5.37. The van der Waals surface area contributed by atoms with Crippen LogP contribution in [0.4, 0.5) is 5.82 Å². The lowest BCUT2D eigenvalue weighted by molar-refractivity contribution is 0.116. The van der Waals surface area contributed by atoms with Gasteiger partial charge in [0.2, 0.25) is 0 Å². The summed E-state index contributed by atoms with van der Waals surface area (Å²) < 4.78 is 5.37. The van der Waals surface area contributed by atoms with Gasteiger partial charge >= 0.3 is 0 Å². The van der Waals surface area contributed by atoms with Crippen LogP contribution in [0.25, 0.3) is 0 Å². The van der Waals surface area contributed by atoms with E-state index in [1.165, 1.54) is 11.4 Å². The number of pyridine rings is 1. The largest absolute Gasteiger partial charge is 0.375 e. The standard InChI is InChI=1S/C14H21N3O/c1-9-7-15-8-12-6-11-4-5-13(10(2)18-3)16-14(11)17(9)12/h4-5,9-10,12,15H,6-8H2,1-3H3/t9-,10-,12-/m1/s1. The maximum Gasteiger partial charge on any atom is 0.132 e. The molecule has 18 heavy (non-hydrogen) atoms. The third-order valence-corrected chi connectivity index (χ3v) is 4.14. The van der Waals surface area contributed by atoms with Crippen LogP contribution in [0.15, 0.2) is 12.1 Å². The Kier molecular flexibility index (Phi) is 2.99. The van der Waals surface area contributed by atoms with Gasteiger partial charge in [0.15, 0.2) is 0 Å². The SMILES string of the molecule is CO[C@H](C)c1ccc2c(n1)N1[C@@H](CNC[C@H]1C)C2. The van der Waals surface area contributed by atoms with E-state index in [0.717, 1.165) is 25.2 Å². The number of methoxy groups -OCH3 is 1. The van der Waals surface area contributed by atoms with Crippen LogP contribution in [0, 0.1) is 0 Å². The Bertz CT molecular complexity index is 449. The monoisotopic (exact) mass is 247 g/mol. The maximum atomic E-state index is 5.37. The van der Waals surface area contributed by atoms with Crippen LogP contribution in [0.3, 0.4) is 0 Å². The highest BCUT2D eigenvalue weighted by molar-refractivity contribution is 5.56. The molecule has 0 aliphatic carbocycles. The predicted molar refractivity (Wildman–Crippen MR) is 72.0 cm³/mol. The second-order valence-corrected chi connectivity index (χ2v) is 5.37. The number of nitrogens with zero attached hydrogens (tertiary/aromatic N) is 2. The molecule has 0 aromatic carbocycles. The highest BCUT2D eigenvalue weighted by Crippen LogP contribution is 2.34. The molecule has 4 heteroatoms. The first-order valence-corrected chi connectivity index (χ1v) is 6.72. The van der Waals surface area contributed by atoms with Gasteiger partial charge in [0, 0.05) is 32.3 Å². The molecule has 1 aromatic rings. The summed E-state index contributed by atoms with van der Waals surface area (Å²) in [6.45, 7) is 6.42. The summed E-state index contributed by atoms with van der Waals surface area (Å²) in [5.41, 5.74) is 2.41. The van der Waals surface area contributed by atoms with Crippen LogP contribution >= 0.6 is 0 Å². The van der Waals surface area contributed by atoms with Crippen molar-refractivity contribution in [2.24, 2.45) is 0 Å². The minimum absolute atomic E-state index is 0.0626. The van der Waals surface area contributed by atoms with Gasteiger partial charge in [0.25, 0.3) is 0 Å². The van der Waals surface area contributed by atoms with Gasteiger partial charge in [0.1, 0.15) is 5.82 Å². The second kappa shape index (κ2) is 4.52. The van der Waals surface area contributed by atoms with Crippen molar-refractivity contribution in [3.8, 4) is 0 Å². The zero-order valence-electron chi connectivity index (χ0n) is 11.3. The molecule has 0 unspecified atom stereocenters. The molecule has 3 atom stereocenters. The van der Waals surface area contributed by atoms with E-state index >= 15 is 0 Å². The summed E-state index contributed by atoms with van der Waals surface area (Å²) in [6.07, 6.45) is 1.17. The molecule has 0 radical (unpaired) electrons. The molecule has 0 amide bonds. The Morgan fingerprint density at radius 3 is 3.06 bits per heavy atom. The minimum Gasteiger partial charge on any atom is -0.375 e. The van der Waals surface area contributed by atoms with Crippen molar-refractivity contribution in [1.29, 1.82) is 0 Å². The molecule has 2 aliphatic heterocycles.